The van der Waals surface area contributed by atoms with E-state index in [1.165, 1.54) is 6.20 Å². The van der Waals surface area contributed by atoms with Crippen LogP contribution < -0.4 is 5.32 Å². The van der Waals surface area contributed by atoms with Gasteiger partial charge in [0, 0.05) is 31.5 Å². The topological polar surface area (TPSA) is 55.6 Å². The van der Waals surface area contributed by atoms with Crippen molar-refractivity contribution < 1.29 is 8.78 Å². The van der Waals surface area contributed by atoms with Gasteiger partial charge < -0.3 is 5.32 Å². The highest BCUT2D eigenvalue weighted by Crippen LogP contribution is 2.22. The van der Waals surface area contributed by atoms with Gasteiger partial charge in [0.05, 0.1) is 0 Å². The van der Waals surface area contributed by atoms with E-state index in [1.54, 1.807) is 31.0 Å². The maximum absolute atomic E-state index is 12.9. The molecule has 0 aliphatic rings. The normalized spacial score (nSPS) is 11.2. The highest BCUT2D eigenvalue weighted by Gasteiger charge is 2.17. The molecule has 0 fully saturated rings. The molecule has 0 bridgehead atoms. The van der Waals surface area contributed by atoms with Crippen LogP contribution in [-0.4, -0.2) is 26.8 Å². The van der Waals surface area contributed by atoms with Crippen molar-refractivity contribution in [3.63, 3.8) is 0 Å². The first-order valence-electron chi connectivity index (χ1n) is 5.40. The molecule has 0 saturated heterocycles. The minimum Gasteiger partial charge on any atom is -0.316 e. The maximum atomic E-state index is 12.9. The summed E-state index contributed by atoms with van der Waals surface area (Å²) in [4.78, 5) is 7.96. The van der Waals surface area contributed by atoms with Crippen molar-refractivity contribution in [1.29, 1.82) is 0 Å². The first-order valence-corrected chi connectivity index (χ1v) is 5.40. The van der Waals surface area contributed by atoms with Crippen molar-refractivity contribution in [2.24, 2.45) is 7.05 Å². The molecule has 2 aromatic rings. The molecule has 0 atom stereocenters. The molecule has 2 heterocycles. The summed E-state index contributed by atoms with van der Waals surface area (Å²) in [7, 11) is 3.43. The first kappa shape index (κ1) is 12.6. The van der Waals surface area contributed by atoms with E-state index in [1.807, 2.05) is 0 Å². The summed E-state index contributed by atoms with van der Waals surface area (Å²) in [6, 6.07) is 1.68. The highest BCUT2D eigenvalue weighted by molar-refractivity contribution is 5.48. The van der Waals surface area contributed by atoms with Crippen LogP contribution in [0.15, 0.2) is 18.5 Å². The monoisotopic (exact) mass is 253 g/mol. The van der Waals surface area contributed by atoms with Gasteiger partial charge in [-0.1, -0.05) is 0 Å². The zero-order chi connectivity index (χ0) is 13.1. The van der Waals surface area contributed by atoms with Gasteiger partial charge >= 0.3 is 0 Å². The van der Waals surface area contributed by atoms with Gasteiger partial charge in [0.2, 0.25) is 0 Å². The van der Waals surface area contributed by atoms with Gasteiger partial charge in [-0.25, -0.2) is 18.7 Å². The average Bonchev–Trinajstić information content (AvgIpc) is 2.76. The summed E-state index contributed by atoms with van der Waals surface area (Å²) in [6.45, 7) is 0.308. The Kier molecular flexibility index (Phi) is 3.61. The predicted molar refractivity (Wildman–Crippen MR) is 62.0 cm³/mol. The lowest BCUT2D eigenvalue weighted by atomic mass is 10.2. The summed E-state index contributed by atoms with van der Waals surface area (Å²) in [5.41, 5.74) is 0.627. The maximum Gasteiger partial charge on any atom is 0.280 e. The smallest absolute Gasteiger partial charge is 0.280 e. The molecule has 2 aromatic heterocycles. The lowest BCUT2D eigenvalue weighted by Gasteiger charge is -2.08. The molecular formula is C11H13F2N5. The van der Waals surface area contributed by atoms with Crippen LogP contribution in [0, 0.1) is 0 Å². The first-order chi connectivity index (χ1) is 8.61. The van der Waals surface area contributed by atoms with Crippen molar-refractivity contribution >= 4 is 0 Å². The van der Waals surface area contributed by atoms with E-state index in [9.17, 15) is 8.78 Å². The van der Waals surface area contributed by atoms with E-state index < -0.39 is 6.43 Å². The van der Waals surface area contributed by atoms with Gasteiger partial charge in [-0.15, -0.1) is 0 Å². The molecular weight excluding hydrogens is 240 g/mol. The van der Waals surface area contributed by atoms with Crippen LogP contribution >= 0.6 is 0 Å². The van der Waals surface area contributed by atoms with Gasteiger partial charge in [-0.3, -0.25) is 4.68 Å². The van der Waals surface area contributed by atoms with Crippen LogP contribution in [0.4, 0.5) is 8.78 Å². The number of rotatable bonds is 4. The summed E-state index contributed by atoms with van der Waals surface area (Å²) in [6.07, 6.45) is 0.496. The predicted octanol–water partition coefficient (Wildman–Crippen LogP) is 1.53. The second kappa shape index (κ2) is 5.18. The largest absolute Gasteiger partial charge is 0.316 e. The lowest BCUT2D eigenvalue weighted by molar-refractivity contribution is 0.144. The zero-order valence-corrected chi connectivity index (χ0v) is 10.1. The van der Waals surface area contributed by atoms with Gasteiger partial charge in [0.1, 0.15) is 11.4 Å². The van der Waals surface area contributed by atoms with Crippen LogP contribution in [0.5, 0.6) is 0 Å². The summed E-state index contributed by atoms with van der Waals surface area (Å²) < 4.78 is 27.4. The minimum atomic E-state index is -2.63. The molecule has 96 valence electrons. The molecule has 0 saturated carbocycles. The Hall–Kier alpha value is -1.89. The van der Waals surface area contributed by atoms with Gasteiger partial charge in [-0.2, -0.15) is 5.10 Å². The van der Waals surface area contributed by atoms with E-state index in [2.05, 4.69) is 20.4 Å². The number of nitrogens with one attached hydrogen (secondary N) is 1. The third-order valence-corrected chi connectivity index (χ3v) is 2.41. The molecule has 0 amide bonds. The van der Waals surface area contributed by atoms with Crippen LogP contribution in [0.2, 0.25) is 0 Å². The quantitative estimate of drug-likeness (QED) is 0.897. The fraction of sp³-hybridized carbons (Fsp3) is 0.364. The number of alkyl halides is 2. The van der Waals surface area contributed by atoms with Crippen molar-refractivity contribution in [1.82, 2.24) is 25.1 Å². The average molecular weight is 253 g/mol. The van der Waals surface area contributed by atoms with E-state index in [0.717, 1.165) is 0 Å². The third-order valence-electron chi connectivity index (χ3n) is 2.41. The Morgan fingerprint density at radius 1 is 1.44 bits per heavy atom. The van der Waals surface area contributed by atoms with Crippen molar-refractivity contribution in [3.8, 4) is 11.5 Å². The number of halogens is 2. The molecule has 0 unspecified atom stereocenters. The van der Waals surface area contributed by atoms with E-state index >= 15 is 0 Å². The fourth-order valence-corrected chi connectivity index (χ4v) is 1.59. The molecule has 7 heteroatoms. The number of hydrogen-bond donors (Lipinski definition) is 1. The molecule has 18 heavy (non-hydrogen) atoms. The fourth-order valence-electron chi connectivity index (χ4n) is 1.59. The van der Waals surface area contributed by atoms with Crippen molar-refractivity contribution in [2.75, 3.05) is 7.05 Å². The standard InChI is InChI=1S/C11H13F2N5/c1-14-5-7-6-15-11(16-9(7)10(12)13)8-3-4-18(2)17-8/h3-4,6,10,14H,5H2,1-2H3. The van der Waals surface area contributed by atoms with Crippen LogP contribution in [0.3, 0.4) is 0 Å². The summed E-state index contributed by atoms with van der Waals surface area (Å²) in [5, 5.41) is 6.90. The Bertz CT molecular complexity index is 538. The van der Waals surface area contributed by atoms with E-state index in [-0.39, 0.29) is 11.5 Å². The number of aromatic nitrogens is 4. The molecule has 0 aliphatic heterocycles. The van der Waals surface area contributed by atoms with Crippen LogP contribution in [0.25, 0.3) is 11.5 Å². The van der Waals surface area contributed by atoms with Crippen LogP contribution in [-0.2, 0) is 13.6 Å². The Morgan fingerprint density at radius 2 is 2.22 bits per heavy atom. The van der Waals surface area contributed by atoms with Crippen LogP contribution in [0.1, 0.15) is 17.7 Å². The molecule has 0 aromatic carbocycles. The number of nitrogens with zero attached hydrogens (tertiary/aromatic N) is 4. The van der Waals surface area contributed by atoms with Gasteiger partial charge in [0.25, 0.3) is 6.43 Å². The molecule has 0 aliphatic carbocycles. The van der Waals surface area contributed by atoms with Crippen molar-refractivity contribution in [3.05, 3.63) is 29.7 Å². The second-order valence-corrected chi connectivity index (χ2v) is 3.81. The minimum absolute atomic E-state index is 0.214. The summed E-state index contributed by atoms with van der Waals surface area (Å²) >= 11 is 0. The number of hydrogen-bond acceptors (Lipinski definition) is 4. The lowest BCUT2D eigenvalue weighted by Crippen LogP contribution is -2.11. The molecule has 2 rings (SSSR count). The third kappa shape index (κ3) is 2.51. The van der Waals surface area contributed by atoms with Gasteiger partial charge in [-0.05, 0) is 13.1 Å². The molecule has 0 radical (unpaired) electrons. The second-order valence-electron chi connectivity index (χ2n) is 3.81. The summed E-state index contributed by atoms with van der Waals surface area (Å²) in [5.74, 6) is 0.214. The van der Waals surface area contributed by atoms with E-state index in [4.69, 9.17) is 0 Å². The Balaban J connectivity index is 2.42. The van der Waals surface area contributed by atoms with Gasteiger partial charge in [0.15, 0.2) is 5.82 Å². The van der Waals surface area contributed by atoms with Crippen molar-refractivity contribution in [2.45, 2.75) is 13.0 Å². The Labute approximate surface area is 103 Å². The SMILES string of the molecule is CNCc1cnc(-c2ccn(C)n2)nc1C(F)F. The molecule has 1 N–H and O–H groups in total. The zero-order valence-electron chi connectivity index (χ0n) is 10.1. The van der Waals surface area contributed by atoms with E-state index in [0.29, 0.717) is 17.8 Å². The Morgan fingerprint density at radius 3 is 2.78 bits per heavy atom. The highest BCUT2D eigenvalue weighted by atomic mass is 19.3. The molecule has 0 spiro atoms. The number of aryl methyl sites for hydroxylation is 1. The molecule has 5 nitrogen and oxygen atoms in total.